The quantitative estimate of drug-likeness (QED) is 0.500. The zero-order valence-electron chi connectivity index (χ0n) is 8.11. The van der Waals surface area contributed by atoms with Crippen LogP contribution in [-0.2, 0) is 4.79 Å². The zero-order valence-corrected chi connectivity index (χ0v) is 8.92. The fourth-order valence-electron chi connectivity index (χ4n) is 1.07. The second-order valence-electron chi connectivity index (χ2n) is 3.46. The van der Waals surface area contributed by atoms with Crippen molar-refractivity contribution in [3.05, 3.63) is 0 Å². The van der Waals surface area contributed by atoms with Crippen LogP contribution in [0.15, 0.2) is 5.16 Å². The Morgan fingerprint density at radius 1 is 1.54 bits per heavy atom. The molecule has 0 aromatic rings. The average molecular weight is 203 g/mol. The molecule has 0 aromatic heterocycles. The molecule has 1 fully saturated rings. The van der Waals surface area contributed by atoms with E-state index in [2.05, 4.69) is 5.16 Å². The Morgan fingerprint density at radius 3 is 2.38 bits per heavy atom. The molecular weight excluding hydrogens is 190 g/mol. The second kappa shape index (κ2) is 3.19. The first-order chi connectivity index (χ1) is 5.90. The Hall–Kier alpha value is -0.750. The number of hydrogen-bond acceptors (Lipinski definition) is 5. The maximum atomic E-state index is 11.7. The number of hydrogen-bond donors (Lipinski definition) is 1. The van der Waals surface area contributed by atoms with Gasteiger partial charge in [-0.05, 0) is 13.8 Å². The lowest BCUT2D eigenvalue weighted by molar-refractivity contribution is -0.137. The molecule has 6 heteroatoms. The number of carbonyl (C=O) groups is 1. The van der Waals surface area contributed by atoms with Crippen LogP contribution in [-0.4, -0.2) is 45.1 Å². The molecule has 1 aliphatic heterocycles. The van der Waals surface area contributed by atoms with Crippen molar-refractivity contribution in [2.75, 3.05) is 14.1 Å². The van der Waals surface area contributed by atoms with Crippen molar-refractivity contribution in [1.82, 2.24) is 10.0 Å². The molecule has 5 nitrogen and oxygen atoms in total. The molecule has 1 N–H and O–H groups in total. The Labute approximate surface area is 81.3 Å². The molecule has 0 atom stereocenters. The third-order valence-corrected chi connectivity index (χ3v) is 2.84. The van der Waals surface area contributed by atoms with Crippen molar-refractivity contribution < 1.29 is 10.0 Å². The summed E-state index contributed by atoms with van der Waals surface area (Å²) in [6, 6.07) is 0. The van der Waals surface area contributed by atoms with Gasteiger partial charge in [0.2, 0.25) is 5.17 Å². The Kier molecular flexibility index (Phi) is 2.53. The normalized spacial score (nSPS) is 24.8. The Morgan fingerprint density at radius 2 is 2.08 bits per heavy atom. The molecule has 1 heterocycles. The summed E-state index contributed by atoms with van der Waals surface area (Å²) in [7, 11) is 3.45. The van der Waals surface area contributed by atoms with Crippen LogP contribution in [0.25, 0.3) is 0 Å². The highest BCUT2D eigenvalue weighted by Crippen LogP contribution is 2.36. The number of oxime groups is 1. The fourth-order valence-corrected chi connectivity index (χ4v) is 2.08. The van der Waals surface area contributed by atoms with Crippen molar-refractivity contribution in [1.29, 1.82) is 0 Å². The van der Waals surface area contributed by atoms with Crippen LogP contribution in [0.4, 0.5) is 0 Å². The molecule has 0 unspecified atom stereocenters. The van der Waals surface area contributed by atoms with Gasteiger partial charge in [-0.1, -0.05) is 16.9 Å². The van der Waals surface area contributed by atoms with Crippen molar-refractivity contribution in [3.63, 3.8) is 0 Å². The third-order valence-electron chi connectivity index (χ3n) is 1.72. The predicted molar refractivity (Wildman–Crippen MR) is 51.4 cm³/mol. The molecule has 0 aliphatic carbocycles. The van der Waals surface area contributed by atoms with E-state index in [1.54, 1.807) is 33.0 Å². The van der Waals surface area contributed by atoms with Crippen LogP contribution in [0.2, 0.25) is 0 Å². The lowest BCUT2D eigenvalue weighted by Gasteiger charge is -2.23. The summed E-state index contributed by atoms with van der Waals surface area (Å²) in [5, 5.41) is 15.0. The number of thioether (sulfide) groups is 1. The average Bonchev–Trinajstić information content (AvgIpc) is 2.23. The minimum absolute atomic E-state index is 0.0738. The molecule has 0 saturated carbocycles. The number of carbonyl (C=O) groups excluding carboxylic acids is 1. The highest BCUT2D eigenvalue weighted by atomic mass is 32.2. The van der Waals surface area contributed by atoms with Gasteiger partial charge in [-0.15, -0.1) is 0 Å². The highest BCUT2D eigenvalue weighted by Gasteiger charge is 2.46. The molecule has 1 saturated heterocycles. The molecule has 1 aliphatic rings. The SMILES string of the molecule is CN(C)N1C(=O)C(C)(C)SC1=NO. The monoisotopic (exact) mass is 203 g/mol. The highest BCUT2D eigenvalue weighted by molar-refractivity contribution is 8.16. The first kappa shape index (κ1) is 10.3. The Bertz CT molecular complexity index is 262. The van der Waals surface area contributed by atoms with Crippen LogP contribution in [0, 0.1) is 0 Å². The first-order valence-corrected chi connectivity index (χ1v) is 4.64. The summed E-state index contributed by atoms with van der Waals surface area (Å²) in [6.07, 6.45) is 0. The topological polar surface area (TPSA) is 56.1 Å². The summed E-state index contributed by atoms with van der Waals surface area (Å²) in [6.45, 7) is 3.60. The van der Waals surface area contributed by atoms with Gasteiger partial charge in [0.15, 0.2) is 0 Å². The number of hydrazine groups is 1. The van der Waals surface area contributed by atoms with Gasteiger partial charge in [-0.25, -0.2) is 10.0 Å². The summed E-state index contributed by atoms with van der Waals surface area (Å²) in [5.41, 5.74) is 0. The van der Waals surface area contributed by atoms with Crippen molar-refractivity contribution in [3.8, 4) is 0 Å². The summed E-state index contributed by atoms with van der Waals surface area (Å²) >= 11 is 1.25. The maximum Gasteiger partial charge on any atom is 0.259 e. The van der Waals surface area contributed by atoms with E-state index in [-0.39, 0.29) is 5.91 Å². The van der Waals surface area contributed by atoms with Gasteiger partial charge < -0.3 is 5.21 Å². The summed E-state index contributed by atoms with van der Waals surface area (Å²) < 4.78 is -0.550. The number of amides is 1. The lowest BCUT2D eigenvalue weighted by Crippen LogP contribution is -2.44. The number of rotatable bonds is 1. The number of nitrogens with zero attached hydrogens (tertiary/aromatic N) is 3. The van der Waals surface area contributed by atoms with Crippen LogP contribution < -0.4 is 0 Å². The molecule has 1 amide bonds. The minimum Gasteiger partial charge on any atom is -0.409 e. The standard InChI is InChI=1S/C7H13N3O2S/c1-7(2)5(11)10(9(3)4)6(8-12)13-7/h12H,1-4H3. The molecule has 0 radical (unpaired) electrons. The summed E-state index contributed by atoms with van der Waals surface area (Å²) in [5.74, 6) is -0.0738. The van der Waals surface area contributed by atoms with E-state index in [4.69, 9.17) is 5.21 Å². The van der Waals surface area contributed by atoms with Crippen LogP contribution in [0.3, 0.4) is 0 Å². The first-order valence-electron chi connectivity index (χ1n) is 3.83. The van der Waals surface area contributed by atoms with E-state index in [0.29, 0.717) is 5.17 Å². The predicted octanol–water partition coefficient (Wildman–Crippen LogP) is 0.562. The van der Waals surface area contributed by atoms with Gasteiger partial charge in [0.05, 0.1) is 4.75 Å². The zero-order chi connectivity index (χ0) is 10.2. The van der Waals surface area contributed by atoms with Crippen molar-refractivity contribution in [2.45, 2.75) is 18.6 Å². The molecule has 0 aromatic carbocycles. The molecule has 74 valence electrons. The summed E-state index contributed by atoms with van der Waals surface area (Å²) in [4.78, 5) is 11.7. The van der Waals surface area contributed by atoms with Gasteiger partial charge in [-0.2, -0.15) is 0 Å². The van der Waals surface area contributed by atoms with Crippen LogP contribution in [0.1, 0.15) is 13.8 Å². The smallest absolute Gasteiger partial charge is 0.259 e. The molecule has 0 spiro atoms. The van der Waals surface area contributed by atoms with Gasteiger partial charge in [0.1, 0.15) is 0 Å². The van der Waals surface area contributed by atoms with Gasteiger partial charge in [0.25, 0.3) is 5.91 Å². The molecule has 0 bridgehead atoms. The molecule has 13 heavy (non-hydrogen) atoms. The van der Waals surface area contributed by atoms with Gasteiger partial charge >= 0.3 is 0 Å². The van der Waals surface area contributed by atoms with Gasteiger partial charge in [-0.3, -0.25) is 4.79 Å². The van der Waals surface area contributed by atoms with E-state index in [0.717, 1.165) is 0 Å². The van der Waals surface area contributed by atoms with E-state index in [1.807, 2.05) is 0 Å². The van der Waals surface area contributed by atoms with Crippen LogP contribution >= 0.6 is 11.8 Å². The van der Waals surface area contributed by atoms with Crippen LogP contribution in [0.5, 0.6) is 0 Å². The number of amidine groups is 1. The largest absolute Gasteiger partial charge is 0.409 e. The Balaban J connectivity index is 3.02. The van der Waals surface area contributed by atoms with Gasteiger partial charge in [0, 0.05) is 14.1 Å². The van der Waals surface area contributed by atoms with E-state index in [9.17, 15) is 4.79 Å². The second-order valence-corrected chi connectivity index (χ2v) is 5.05. The molecule has 1 rings (SSSR count). The maximum absolute atomic E-state index is 11.7. The van der Waals surface area contributed by atoms with E-state index in [1.165, 1.54) is 16.8 Å². The van der Waals surface area contributed by atoms with E-state index < -0.39 is 4.75 Å². The lowest BCUT2D eigenvalue weighted by atomic mass is 10.2. The minimum atomic E-state index is -0.550. The fraction of sp³-hybridized carbons (Fsp3) is 0.714. The molecular formula is C7H13N3O2S. The van der Waals surface area contributed by atoms with E-state index >= 15 is 0 Å². The van der Waals surface area contributed by atoms with Crippen molar-refractivity contribution in [2.24, 2.45) is 5.16 Å². The van der Waals surface area contributed by atoms with Crippen molar-refractivity contribution >= 4 is 22.8 Å². The third kappa shape index (κ3) is 1.64.